The van der Waals surface area contributed by atoms with Crippen molar-refractivity contribution < 1.29 is 19.1 Å². The van der Waals surface area contributed by atoms with Gasteiger partial charge in [-0.05, 0) is 6.42 Å². The fourth-order valence-corrected chi connectivity index (χ4v) is 0.287. The Kier molecular flexibility index (Phi) is 14.2. The van der Waals surface area contributed by atoms with Crippen molar-refractivity contribution >= 4 is 14.5 Å². The summed E-state index contributed by atoms with van der Waals surface area (Å²) < 4.78 is 8.70. The minimum Gasteiger partial charge on any atom is -0.303 e. The first-order chi connectivity index (χ1) is 4.65. The van der Waals surface area contributed by atoms with Gasteiger partial charge < -0.3 is 4.79 Å². The average Bonchev–Trinajstić information content (AvgIpc) is 1.82. The first-order valence-corrected chi connectivity index (χ1v) is 4.10. The first kappa shape index (κ1) is 12.4. The molecule has 0 aliphatic carbocycles. The van der Waals surface area contributed by atoms with Crippen molar-refractivity contribution in [1.82, 2.24) is 0 Å². The SMILES string of the molecule is CCCCC=O.O=[P+](O)O. The van der Waals surface area contributed by atoms with Gasteiger partial charge in [-0.3, -0.25) is 0 Å². The van der Waals surface area contributed by atoms with Gasteiger partial charge in [-0.25, -0.2) is 0 Å². The number of hydrogen-bond acceptors (Lipinski definition) is 2. The summed E-state index contributed by atoms with van der Waals surface area (Å²) in [4.78, 5) is 23.8. The Balaban J connectivity index is 0. The summed E-state index contributed by atoms with van der Waals surface area (Å²) in [5.74, 6) is 0. The third kappa shape index (κ3) is 47.6. The molecule has 0 bridgehead atoms. The predicted molar refractivity (Wildman–Crippen MR) is 37.6 cm³/mol. The lowest BCUT2D eigenvalue weighted by Crippen LogP contribution is -1.70. The maximum atomic E-state index is 9.56. The highest BCUT2D eigenvalue weighted by atomic mass is 31.1. The summed E-state index contributed by atoms with van der Waals surface area (Å²) in [6.45, 7) is 2.07. The monoisotopic (exact) mass is 167 g/mol. The number of hydrogen-bond donors (Lipinski definition) is 2. The van der Waals surface area contributed by atoms with Gasteiger partial charge in [-0.1, -0.05) is 13.3 Å². The van der Waals surface area contributed by atoms with Crippen LogP contribution in [0.25, 0.3) is 0 Å². The predicted octanol–water partition coefficient (Wildman–Crippen LogP) is 1.00. The Morgan fingerprint density at radius 3 is 2.00 bits per heavy atom. The molecule has 0 radical (unpaired) electrons. The highest BCUT2D eigenvalue weighted by Gasteiger charge is 1.93. The van der Waals surface area contributed by atoms with E-state index in [1.165, 1.54) is 0 Å². The number of rotatable bonds is 3. The fourth-order valence-electron chi connectivity index (χ4n) is 0.287. The molecule has 0 saturated heterocycles. The third-order valence-corrected chi connectivity index (χ3v) is 0.676. The molecule has 0 atom stereocenters. The van der Waals surface area contributed by atoms with E-state index in [1.807, 2.05) is 0 Å². The van der Waals surface area contributed by atoms with Crippen LogP contribution in [0.3, 0.4) is 0 Å². The zero-order chi connectivity index (χ0) is 8.41. The van der Waals surface area contributed by atoms with Crippen molar-refractivity contribution in [3.63, 3.8) is 0 Å². The summed E-state index contributed by atoms with van der Waals surface area (Å²) in [7, 11) is -2.87. The molecule has 5 heteroatoms. The van der Waals surface area contributed by atoms with Crippen LogP contribution < -0.4 is 0 Å². The van der Waals surface area contributed by atoms with E-state index in [-0.39, 0.29) is 0 Å². The largest absolute Gasteiger partial charge is 0.692 e. The normalized spacial score (nSPS) is 7.50. The van der Waals surface area contributed by atoms with E-state index in [9.17, 15) is 4.79 Å². The van der Waals surface area contributed by atoms with E-state index in [0.717, 1.165) is 25.5 Å². The Morgan fingerprint density at radius 1 is 1.50 bits per heavy atom. The van der Waals surface area contributed by atoms with E-state index in [4.69, 9.17) is 14.4 Å². The van der Waals surface area contributed by atoms with Gasteiger partial charge in [0.25, 0.3) is 0 Å². The van der Waals surface area contributed by atoms with Crippen molar-refractivity contribution in [3.8, 4) is 0 Å². The van der Waals surface area contributed by atoms with Gasteiger partial charge in [0.2, 0.25) is 0 Å². The second kappa shape index (κ2) is 11.5. The first-order valence-electron chi connectivity index (χ1n) is 2.93. The van der Waals surface area contributed by atoms with Crippen LogP contribution in [0.4, 0.5) is 0 Å². The molecule has 0 aromatic carbocycles. The Labute approximate surface area is 60.8 Å². The zero-order valence-corrected chi connectivity index (χ0v) is 6.75. The molecule has 60 valence electrons. The summed E-state index contributed by atoms with van der Waals surface area (Å²) in [5.41, 5.74) is 0. The molecule has 0 rings (SSSR count). The van der Waals surface area contributed by atoms with Gasteiger partial charge in [0.05, 0.1) is 0 Å². The molecule has 0 amide bonds. The van der Waals surface area contributed by atoms with Gasteiger partial charge in [0.1, 0.15) is 6.29 Å². The minimum absolute atomic E-state index is 0.733. The Morgan fingerprint density at radius 2 is 1.90 bits per heavy atom. The van der Waals surface area contributed by atoms with Gasteiger partial charge in [0.15, 0.2) is 0 Å². The smallest absolute Gasteiger partial charge is 0.303 e. The lowest BCUT2D eigenvalue weighted by atomic mass is 10.3. The third-order valence-electron chi connectivity index (χ3n) is 0.676. The van der Waals surface area contributed by atoms with Crippen molar-refractivity contribution in [2.75, 3.05) is 0 Å². The van der Waals surface area contributed by atoms with Crippen LogP contribution in [0, 0.1) is 0 Å². The van der Waals surface area contributed by atoms with Crippen LogP contribution in [-0.2, 0) is 9.36 Å². The average molecular weight is 167 g/mol. The molecule has 0 aliphatic heterocycles. The summed E-state index contributed by atoms with van der Waals surface area (Å²) >= 11 is 0. The number of carbonyl (C=O) groups is 1. The topological polar surface area (TPSA) is 74.6 Å². The van der Waals surface area contributed by atoms with E-state index in [1.54, 1.807) is 0 Å². The Bertz CT molecular complexity index is 89.6. The Hall–Kier alpha value is -0.310. The molecule has 0 saturated carbocycles. The van der Waals surface area contributed by atoms with Crippen molar-refractivity contribution in [1.29, 1.82) is 0 Å². The molecular formula is C5H12O4P+. The van der Waals surface area contributed by atoms with Crippen LogP contribution in [0.1, 0.15) is 26.2 Å². The second-order valence-corrected chi connectivity index (χ2v) is 2.07. The van der Waals surface area contributed by atoms with Crippen molar-refractivity contribution in [2.45, 2.75) is 26.2 Å². The molecule has 0 aliphatic rings. The molecule has 0 aromatic rings. The second-order valence-electron chi connectivity index (χ2n) is 1.56. The number of aldehydes is 1. The number of carbonyl (C=O) groups excluding carboxylic acids is 1. The van der Waals surface area contributed by atoms with Crippen LogP contribution in [0.15, 0.2) is 0 Å². The molecule has 0 spiro atoms. The van der Waals surface area contributed by atoms with E-state index in [2.05, 4.69) is 6.92 Å². The van der Waals surface area contributed by atoms with Gasteiger partial charge in [-0.15, -0.1) is 9.79 Å². The minimum atomic E-state index is -2.87. The molecule has 0 aromatic heterocycles. The fraction of sp³-hybridized carbons (Fsp3) is 0.800. The van der Waals surface area contributed by atoms with Crippen LogP contribution >= 0.6 is 8.25 Å². The highest BCUT2D eigenvalue weighted by Crippen LogP contribution is 1.98. The maximum Gasteiger partial charge on any atom is 0.692 e. The molecule has 10 heavy (non-hydrogen) atoms. The van der Waals surface area contributed by atoms with Gasteiger partial charge in [0, 0.05) is 11.0 Å². The summed E-state index contributed by atoms with van der Waals surface area (Å²) in [5, 5.41) is 0. The van der Waals surface area contributed by atoms with Gasteiger partial charge >= 0.3 is 8.25 Å². The van der Waals surface area contributed by atoms with E-state index >= 15 is 0 Å². The quantitative estimate of drug-likeness (QED) is 0.373. The van der Waals surface area contributed by atoms with Crippen LogP contribution in [-0.4, -0.2) is 16.1 Å². The molecule has 2 N–H and O–H groups in total. The summed E-state index contributed by atoms with van der Waals surface area (Å²) in [6, 6.07) is 0. The number of unbranched alkanes of at least 4 members (excludes halogenated alkanes) is 2. The highest BCUT2D eigenvalue weighted by molar-refractivity contribution is 7.30. The zero-order valence-electron chi connectivity index (χ0n) is 5.86. The maximum absolute atomic E-state index is 9.56. The molecule has 0 heterocycles. The van der Waals surface area contributed by atoms with Crippen molar-refractivity contribution in [2.24, 2.45) is 0 Å². The van der Waals surface area contributed by atoms with Crippen LogP contribution in [0.2, 0.25) is 0 Å². The lowest BCUT2D eigenvalue weighted by molar-refractivity contribution is -0.107. The molecule has 4 nitrogen and oxygen atoms in total. The molecule has 0 unspecified atom stereocenters. The van der Waals surface area contributed by atoms with E-state index in [0.29, 0.717) is 0 Å². The molecular weight excluding hydrogens is 155 g/mol. The lowest BCUT2D eigenvalue weighted by Gasteiger charge is -1.79. The standard InChI is InChI=1S/C5H10O.HO3P/c1-2-3-4-5-6;1-4(2)3/h5H,2-4H2,1H3;(H-,1,2,3)/p+1. The summed E-state index contributed by atoms with van der Waals surface area (Å²) in [6.07, 6.45) is 3.86. The van der Waals surface area contributed by atoms with Crippen LogP contribution in [0.5, 0.6) is 0 Å². The van der Waals surface area contributed by atoms with Gasteiger partial charge in [-0.2, -0.15) is 0 Å². The van der Waals surface area contributed by atoms with Crippen molar-refractivity contribution in [3.05, 3.63) is 0 Å². The molecule has 0 fully saturated rings. The van der Waals surface area contributed by atoms with E-state index < -0.39 is 8.25 Å².